The highest BCUT2D eigenvalue weighted by Gasteiger charge is 2.30. The Morgan fingerprint density at radius 1 is 1.06 bits per heavy atom. The second-order valence-electron chi connectivity index (χ2n) is 7.93. The Bertz CT molecular complexity index is 1340. The average Bonchev–Trinajstić information content (AvgIpc) is 3.46. The van der Waals surface area contributed by atoms with Gasteiger partial charge in [-0.15, -0.1) is 0 Å². The van der Waals surface area contributed by atoms with E-state index in [4.69, 9.17) is 0 Å². The van der Waals surface area contributed by atoms with Crippen LogP contribution in [0.4, 0.5) is 23.8 Å². The molecule has 9 heteroatoms. The van der Waals surface area contributed by atoms with Gasteiger partial charge >= 0.3 is 6.03 Å². The largest absolute Gasteiger partial charge is 0.349 e. The van der Waals surface area contributed by atoms with Crippen molar-refractivity contribution in [1.82, 2.24) is 19.9 Å². The van der Waals surface area contributed by atoms with E-state index in [2.05, 4.69) is 15.3 Å². The summed E-state index contributed by atoms with van der Waals surface area (Å²) in [6.45, 7) is 0.766. The molecule has 1 unspecified atom stereocenters. The van der Waals surface area contributed by atoms with Crippen molar-refractivity contribution in [3.8, 4) is 0 Å². The van der Waals surface area contributed by atoms with E-state index in [1.54, 1.807) is 24.3 Å². The fourth-order valence-electron chi connectivity index (χ4n) is 4.24. The minimum Gasteiger partial charge on any atom is -0.349 e. The second kappa shape index (κ2) is 8.57. The smallest absolute Gasteiger partial charge is 0.328 e. The van der Waals surface area contributed by atoms with Crippen LogP contribution < -0.4 is 10.2 Å². The van der Waals surface area contributed by atoms with Gasteiger partial charge in [-0.3, -0.25) is 0 Å². The molecule has 2 aromatic heterocycles. The molecule has 1 aliphatic heterocycles. The molecule has 5 rings (SSSR count). The maximum absolute atomic E-state index is 14.4. The van der Waals surface area contributed by atoms with E-state index < -0.39 is 17.7 Å². The summed E-state index contributed by atoms with van der Waals surface area (Å²) in [4.78, 5) is 23.5. The van der Waals surface area contributed by atoms with E-state index in [-0.39, 0.29) is 24.0 Å². The van der Waals surface area contributed by atoms with E-state index in [9.17, 15) is 18.0 Å². The highest BCUT2D eigenvalue weighted by Crippen LogP contribution is 2.37. The second-order valence-corrected chi connectivity index (χ2v) is 7.93. The molecule has 2 aromatic carbocycles. The van der Waals surface area contributed by atoms with Gasteiger partial charge in [-0.1, -0.05) is 12.1 Å². The number of hydrogen-bond acceptors (Lipinski definition) is 4. The predicted octanol–water partition coefficient (Wildman–Crippen LogP) is 4.95. The zero-order valence-corrected chi connectivity index (χ0v) is 17.5. The number of hydrogen-bond donors (Lipinski definition) is 1. The van der Waals surface area contributed by atoms with Crippen LogP contribution in [0.3, 0.4) is 0 Å². The van der Waals surface area contributed by atoms with Crippen LogP contribution in [0, 0.1) is 17.5 Å². The van der Waals surface area contributed by atoms with Crippen molar-refractivity contribution < 1.29 is 18.0 Å². The maximum Gasteiger partial charge on any atom is 0.328 e. The van der Waals surface area contributed by atoms with Crippen LogP contribution in [0.2, 0.25) is 0 Å². The van der Waals surface area contributed by atoms with Crippen LogP contribution >= 0.6 is 0 Å². The van der Waals surface area contributed by atoms with Crippen molar-refractivity contribution in [2.45, 2.75) is 25.4 Å². The van der Waals surface area contributed by atoms with Gasteiger partial charge in [0.05, 0.1) is 6.04 Å². The molecule has 1 fully saturated rings. The molecule has 0 saturated carbocycles. The van der Waals surface area contributed by atoms with Crippen molar-refractivity contribution in [3.05, 3.63) is 89.5 Å². The fraction of sp³-hybridized carbons (Fsp3) is 0.208. The number of benzene rings is 2. The number of carbonyl (C=O) groups is 1. The lowest BCUT2D eigenvalue weighted by Crippen LogP contribution is -2.28. The highest BCUT2D eigenvalue weighted by molar-refractivity contribution is 5.87. The normalized spacial score (nSPS) is 15.8. The van der Waals surface area contributed by atoms with Crippen LogP contribution in [-0.2, 0) is 6.54 Å². The summed E-state index contributed by atoms with van der Waals surface area (Å²) in [5.41, 5.74) is 1.77. The third-order valence-corrected chi connectivity index (χ3v) is 5.80. The first-order valence-electron chi connectivity index (χ1n) is 10.6. The van der Waals surface area contributed by atoms with E-state index >= 15 is 0 Å². The molecule has 168 valence electrons. The van der Waals surface area contributed by atoms with Gasteiger partial charge in [0, 0.05) is 18.7 Å². The first-order chi connectivity index (χ1) is 16.0. The topological polar surface area (TPSA) is 63.1 Å². The average molecular weight is 451 g/mol. The fourth-order valence-corrected chi connectivity index (χ4v) is 4.24. The Morgan fingerprint density at radius 2 is 1.91 bits per heavy atom. The highest BCUT2D eigenvalue weighted by atomic mass is 19.1. The molecule has 33 heavy (non-hydrogen) atoms. The van der Waals surface area contributed by atoms with Gasteiger partial charge in [-0.05, 0) is 60.9 Å². The molecule has 3 heterocycles. The molecule has 6 nitrogen and oxygen atoms in total. The number of amides is 1. The lowest BCUT2D eigenvalue weighted by Gasteiger charge is -2.26. The standard InChI is InChI=1S/C24H20F3N5O/c25-16-4-1-3-15(11-16)13-28-24(33)32-14-29-20-8-9-22(30-23(20)32)31-10-2-5-21(31)18-12-17(26)6-7-19(18)27/h1,3-4,6-9,11-12,14,21H,2,5,10,13H2,(H,28,33). The quantitative estimate of drug-likeness (QED) is 0.477. The first kappa shape index (κ1) is 21.0. The zero-order valence-electron chi connectivity index (χ0n) is 17.5. The Balaban J connectivity index is 1.42. The van der Waals surface area contributed by atoms with Gasteiger partial charge in [0.15, 0.2) is 5.65 Å². The molecular formula is C24H20F3N5O. The number of rotatable bonds is 4. The van der Waals surface area contributed by atoms with Crippen molar-refractivity contribution in [1.29, 1.82) is 0 Å². The molecule has 4 aromatic rings. The molecule has 1 atom stereocenters. The Kier molecular flexibility index (Phi) is 5.45. The van der Waals surface area contributed by atoms with Gasteiger partial charge in [0.2, 0.25) is 0 Å². The van der Waals surface area contributed by atoms with Gasteiger partial charge in [0.1, 0.15) is 35.1 Å². The molecule has 1 saturated heterocycles. The summed E-state index contributed by atoms with van der Waals surface area (Å²) in [6, 6.07) is 12.1. The summed E-state index contributed by atoms with van der Waals surface area (Å²) < 4.78 is 42.9. The third-order valence-electron chi connectivity index (χ3n) is 5.80. The number of anilines is 1. The number of aromatic nitrogens is 3. The number of carbonyl (C=O) groups excluding carboxylic acids is 1. The number of imidazole rings is 1. The van der Waals surface area contributed by atoms with Crippen molar-refractivity contribution in [2.75, 3.05) is 11.4 Å². The lowest BCUT2D eigenvalue weighted by molar-refractivity contribution is 0.242. The molecule has 0 radical (unpaired) electrons. The van der Waals surface area contributed by atoms with Gasteiger partial charge < -0.3 is 10.2 Å². The Morgan fingerprint density at radius 3 is 2.76 bits per heavy atom. The van der Waals surface area contributed by atoms with Gasteiger partial charge in [0.25, 0.3) is 0 Å². The predicted molar refractivity (Wildman–Crippen MR) is 117 cm³/mol. The summed E-state index contributed by atoms with van der Waals surface area (Å²) in [5, 5.41) is 2.73. The molecule has 0 aliphatic carbocycles. The lowest BCUT2D eigenvalue weighted by atomic mass is 10.0. The minimum absolute atomic E-state index is 0.142. The molecular weight excluding hydrogens is 431 g/mol. The molecule has 1 amide bonds. The molecule has 1 N–H and O–H groups in total. The summed E-state index contributed by atoms with van der Waals surface area (Å²) in [7, 11) is 0. The number of fused-ring (bicyclic) bond motifs is 1. The Hall–Kier alpha value is -3.88. The van der Waals surface area contributed by atoms with Crippen LogP contribution in [-0.4, -0.2) is 27.1 Å². The van der Waals surface area contributed by atoms with E-state index in [1.807, 2.05) is 4.90 Å². The molecule has 1 aliphatic rings. The number of nitrogens with one attached hydrogen (secondary N) is 1. The van der Waals surface area contributed by atoms with Crippen LogP contribution in [0.1, 0.15) is 30.0 Å². The Labute approximate surface area is 187 Å². The van der Waals surface area contributed by atoms with Crippen LogP contribution in [0.5, 0.6) is 0 Å². The van der Waals surface area contributed by atoms with E-state index in [0.29, 0.717) is 35.5 Å². The summed E-state index contributed by atoms with van der Waals surface area (Å²) in [6.07, 6.45) is 2.83. The number of pyridine rings is 1. The number of halogens is 3. The minimum atomic E-state index is -0.491. The third kappa shape index (κ3) is 4.13. The zero-order chi connectivity index (χ0) is 22.9. The van der Waals surface area contributed by atoms with Crippen molar-refractivity contribution in [2.24, 2.45) is 0 Å². The number of nitrogens with zero attached hydrogens (tertiary/aromatic N) is 4. The van der Waals surface area contributed by atoms with Crippen molar-refractivity contribution in [3.63, 3.8) is 0 Å². The summed E-state index contributed by atoms with van der Waals surface area (Å²) in [5.74, 6) is -0.782. The van der Waals surface area contributed by atoms with Crippen LogP contribution in [0.25, 0.3) is 11.2 Å². The van der Waals surface area contributed by atoms with Crippen molar-refractivity contribution >= 4 is 23.0 Å². The van der Waals surface area contributed by atoms with E-state index in [1.165, 1.54) is 29.1 Å². The van der Waals surface area contributed by atoms with Gasteiger partial charge in [-0.25, -0.2) is 32.5 Å². The summed E-state index contributed by atoms with van der Waals surface area (Å²) >= 11 is 0. The van der Waals surface area contributed by atoms with Gasteiger partial charge in [-0.2, -0.15) is 0 Å². The monoisotopic (exact) mass is 451 g/mol. The maximum atomic E-state index is 14.4. The first-order valence-corrected chi connectivity index (χ1v) is 10.6. The van der Waals surface area contributed by atoms with E-state index in [0.717, 1.165) is 18.6 Å². The molecule has 0 bridgehead atoms. The van der Waals surface area contributed by atoms with Crippen LogP contribution in [0.15, 0.2) is 60.9 Å². The molecule has 0 spiro atoms. The SMILES string of the molecule is O=C(NCc1cccc(F)c1)n1cnc2ccc(N3CCCC3c3cc(F)ccc3F)nc21.